The first-order valence-electron chi connectivity index (χ1n) is 12.4. The number of esters is 1. The van der Waals surface area contributed by atoms with Crippen LogP contribution in [0.4, 0.5) is 0 Å². The van der Waals surface area contributed by atoms with Gasteiger partial charge in [0.1, 0.15) is 5.60 Å². The molecule has 2 unspecified atom stereocenters. The number of ether oxygens (including phenoxy) is 1. The highest BCUT2D eigenvalue weighted by molar-refractivity contribution is 5.89. The van der Waals surface area contributed by atoms with Gasteiger partial charge < -0.3 is 10.1 Å². The quantitative estimate of drug-likeness (QED) is 0.540. The van der Waals surface area contributed by atoms with Gasteiger partial charge in [0.05, 0.1) is 5.56 Å². The number of carbonyl (C=O) groups excluding carboxylic acids is 1. The van der Waals surface area contributed by atoms with Crippen molar-refractivity contribution in [1.82, 2.24) is 10.2 Å². The van der Waals surface area contributed by atoms with E-state index in [1.54, 1.807) is 0 Å². The molecule has 0 bridgehead atoms. The number of carbonyl (C=O) groups is 1. The van der Waals surface area contributed by atoms with E-state index >= 15 is 0 Å². The van der Waals surface area contributed by atoms with Gasteiger partial charge in [-0.3, -0.25) is 4.90 Å². The third-order valence-electron chi connectivity index (χ3n) is 6.55. The molecule has 2 fully saturated rings. The van der Waals surface area contributed by atoms with Crippen LogP contribution >= 0.6 is 0 Å². The molecule has 1 N–H and O–H groups in total. The fourth-order valence-corrected chi connectivity index (χ4v) is 4.47. The van der Waals surface area contributed by atoms with Crippen LogP contribution < -0.4 is 5.32 Å². The van der Waals surface area contributed by atoms with E-state index in [0.29, 0.717) is 17.5 Å². The predicted molar refractivity (Wildman–Crippen MR) is 135 cm³/mol. The van der Waals surface area contributed by atoms with Gasteiger partial charge in [-0.1, -0.05) is 54.6 Å². The summed E-state index contributed by atoms with van der Waals surface area (Å²) in [6.07, 6.45) is 8.39. The molecule has 33 heavy (non-hydrogen) atoms. The monoisotopic (exact) mass is 446 g/mol. The van der Waals surface area contributed by atoms with E-state index in [1.807, 2.05) is 32.9 Å². The van der Waals surface area contributed by atoms with Crippen molar-refractivity contribution in [2.75, 3.05) is 19.6 Å². The van der Waals surface area contributed by atoms with Crippen LogP contribution in [0.2, 0.25) is 0 Å². The van der Waals surface area contributed by atoms with E-state index < -0.39 is 5.60 Å². The standard InChI is InChI=1S/C29H38N2O2/c1-29(2,3)33-28(32)25-12-10-24(11-13-25)21-31-17-15-23(16-18-31)20-30-27-19-26(27)14-9-22-7-5-4-6-8-22/h4-14,23,26-27,30H,15-21H2,1-3H3/b14-9+. The molecule has 0 radical (unpaired) electrons. The minimum Gasteiger partial charge on any atom is -0.456 e. The first-order valence-corrected chi connectivity index (χ1v) is 12.4. The highest BCUT2D eigenvalue weighted by Gasteiger charge is 2.34. The normalized spacial score (nSPS) is 21.9. The summed E-state index contributed by atoms with van der Waals surface area (Å²) in [7, 11) is 0. The summed E-state index contributed by atoms with van der Waals surface area (Å²) in [5.74, 6) is 1.21. The Morgan fingerprint density at radius 1 is 1.06 bits per heavy atom. The first kappa shape index (κ1) is 23.7. The van der Waals surface area contributed by atoms with E-state index in [1.165, 1.54) is 30.4 Å². The van der Waals surface area contributed by atoms with Crippen LogP contribution in [-0.2, 0) is 11.3 Å². The van der Waals surface area contributed by atoms with Crippen molar-refractivity contribution in [3.63, 3.8) is 0 Å². The summed E-state index contributed by atoms with van der Waals surface area (Å²) in [5.41, 5.74) is 2.70. The van der Waals surface area contributed by atoms with Gasteiger partial charge in [-0.05, 0) is 94.8 Å². The zero-order valence-corrected chi connectivity index (χ0v) is 20.3. The minimum atomic E-state index is -0.464. The van der Waals surface area contributed by atoms with Crippen molar-refractivity contribution in [3.8, 4) is 0 Å². The third kappa shape index (κ3) is 7.55. The molecular formula is C29H38N2O2. The molecule has 176 valence electrons. The lowest BCUT2D eigenvalue weighted by Crippen LogP contribution is -2.37. The maximum absolute atomic E-state index is 12.2. The Morgan fingerprint density at radius 3 is 2.42 bits per heavy atom. The van der Waals surface area contributed by atoms with Crippen molar-refractivity contribution in [2.24, 2.45) is 11.8 Å². The second-order valence-corrected chi connectivity index (χ2v) is 10.6. The van der Waals surface area contributed by atoms with Crippen LogP contribution in [0.5, 0.6) is 0 Å². The Bertz CT molecular complexity index is 922. The molecule has 1 saturated carbocycles. The van der Waals surface area contributed by atoms with Crippen LogP contribution in [0, 0.1) is 11.8 Å². The molecule has 1 aliphatic heterocycles. The number of likely N-dealkylation sites (tertiary alicyclic amines) is 1. The van der Waals surface area contributed by atoms with Gasteiger partial charge in [0.2, 0.25) is 0 Å². The van der Waals surface area contributed by atoms with Crippen molar-refractivity contribution >= 4 is 12.0 Å². The first-order chi connectivity index (χ1) is 15.9. The van der Waals surface area contributed by atoms with Crippen LogP contribution in [0.25, 0.3) is 6.08 Å². The average Bonchev–Trinajstić information content (AvgIpc) is 3.56. The van der Waals surface area contributed by atoms with Crippen molar-refractivity contribution in [2.45, 2.75) is 58.2 Å². The predicted octanol–water partition coefficient (Wildman–Crippen LogP) is 5.55. The molecule has 4 heteroatoms. The summed E-state index contributed by atoms with van der Waals surface area (Å²) in [5, 5.41) is 3.80. The fraction of sp³-hybridized carbons (Fsp3) is 0.483. The van der Waals surface area contributed by atoms with Gasteiger partial charge in [0.15, 0.2) is 0 Å². The fourth-order valence-electron chi connectivity index (χ4n) is 4.47. The Labute approximate surface area is 199 Å². The number of hydrogen-bond donors (Lipinski definition) is 1. The molecule has 2 aromatic rings. The van der Waals surface area contributed by atoms with Crippen LogP contribution in [0.15, 0.2) is 60.7 Å². The highest BCUT2D eigenvalue weighted by atomic mass is 16.6. The van der Waals surface area contributed by atoms with E-state index in [9.17, 15) is 4.79 Å². The third-order valence-corrected chi connectivity index (χ3v) is 6.55. The second kappa shape index (κ2) is 10.7. The Hall–Kier alpha value is -2.43. The topological polar surface area (TPSA) is 41.6 Å². The SMILES string of the molecule is CC(C)(C)OC(=O)c1ccc(CN2CCC(CNC3CC3/C=C/c3ccccc3)CC2)cc1. The van der Waals surface area contributed by atoms with E-state index in [0.717, 1.165) is 32.1 Å². The summed E-state index contributed by atoms with van der Waals surface area (Å²) in [4.78, 5) is 14.7. The van der Waals surface area contributed by atoms with Gasteiger partial charge in [-0.15, -0.1) is 0 Å². The highest BCUT2D eigenvalue weighted by Crippen LogP contribution is 2.33. The molecular weight excluding hydrogens is 408 g/mol. The van der Waals surface area contributed by atoms with Crippen LogP contribution in [0.1, 0.15) is 61.5 Å². The van der Waals surface area contributed by atoms with Gasteiger partial charge >= 0.3 is 5.97 Å². The minimum absolute atomic E-state index is 0.254. The maximum Gasteiger partial charge on any atom is 0.338 e. The molecule has 0 aromatic heterocycles. The summed E-state index contributed by atoms with van der Waals surface area (Å²) in [6, 6.07) is 19.1. The molecule has 2 atom stereocenters. The van der Waals surface area contributed by atoms with E-state index in [2.05, 4.69) is 64.8 Å². The number of piperidine rings is 1. The molecule has 4 rings (SSSR count). The average molecular weight is 447 g/mol. The summed E-state index contributed by atoms with van der Waals surface area (Å²) in [6.45, 7) is 10.0. The lowest BCUT2D eigenvalue weighted by Gasteiger charge is -2.32. The molecule has 4 nitrogen and oxygen atoms in total. The zero-order chi connectivity index (χ0) is 23.3. The Morgan fingerprint density at radius 2 is 1.76 bits per heavy atom. The Kier molecular flexibility index (Phi) is 7.67. The van der Waals surface area contributed by atoms with Crippen molar-refractivity contribution < 1.29 is 9.53 Å². The maximum atomic E-state index is 12.2. The van der Waals surface area contributed by atoms with Gasteiger partial charge in [0.25, 0.3) is 0 Å². The number of nitrogens with one attached hydrogen (secondary N) is 1. The summed E-state index contributed by atoms with van der Waals surface area (Å²) >= 11 is 0. The molecule has 1 aliphatic carbocycles. The van der Waals surface area contributed by atoms with Crippen LogP contribution in [-0.4, -0.2) is 42.1 Å². The van der Waals surface area contributed by atoms with Crippen molar-refractivity contribution in [3.05, 3.63) is 77.4 Å². The summed E-state index contributed by atoms with van der Waals surface area (Å²) < 4.78 is 5.45. The van der Waals surface area contributed by atoms with E-state index in [4.69, 9.17) is 4.74 Å². The second-order valence-electron chi connectivity index (χ2n) is 10.6. The largest absolute Gasteiger partial charge is 0.456 e. The molecule has 0 spiro atoms. The molecule has 1 saturated heterocycles. The van der Waals surface area contributed by atoms with Gasteiger partial charge in [-0.2, -0.15) is 0 Å². The smallest absolute Gasteiger partial charge is 0.338 e. The number of nitrogens with zero attached hydrogens (tertiary/aromatic N) is 1. The van der Waals surface area contributed by atoms with Crippen LogP contribution in [0.3, 0.4) is 0 Å². The zero-order valence-electron chi connectivity index (χ0n) is 20.3. The number of hydrogen-bond acceptors (Lipinski definition) is 4. The molecule has 0 amide bonds. The van der Waals surface area contributed by atoms with Gasteiger partial charge in [-0.25, -0.2) is 4.79 Å². The lowest BCUT2D eigenvalue weighted by molar-refractivity contribution is 0.00695. The van der Waals surface area contributed by atoms with E-state index in [-0.39, 0.29) is 5.97 Å². The Balaban J connectivity index is 1.14. The molecule has 2 aliphatic rings. The molecule has 2 aromatic carbocycles. The number of rotatable bonds is 8. The number of benzene rings is 2. The van der Waals surface area contributed by atoms with Crippen molar-refractivity contribution in [1.29, 1.82) is 0 Å². The van der Waals surface area contributed by atoms with Gasteiger partial charge in [0, 0.05) is 12.6 Å². The lowest BCUT2D eigenvalue weighted by atomic mass is 9.96. The molecule has 1 heterocycles.